The number of nitrogens with two attached hydrogens (primary N) is 1. The van der Waals surface area contributed by atoms with Crippen LogP contribution in [0.15, 0.2) is 72.8 Å². The summed E-state index contributed by atoms with van der Waals surface area (Å²) in [6, 6.07) is 17.4. The zero-order chi connectivity index (χ0) is 20.6. The molecule has 0 fully saturated rings. The SMILES string of the molecule is NC(COCc1ccc(F)cc1)C(=O)Nc1ccc(Oc2ccc(F)cc2)cc1. The van der Waals surface area contributed by atoms with Crippen molar-refractivity contribution in [2.45, 2.75) is 12.6 Å². The van der Waals surface area contributed by atoms with Gasteiger partial charge in [0.2, 0.25) is 5.91 Å². The van der Waals surface area contributed by atoms with Gasteiger partial charge in [0.15, 0.2) is 0 Å². The van der Waals surface area contributed by atoms with E-state index in [-0.39, 0.29) is 24.8 Å². The van der Waals surface area contributed by atoms with E-state index in [1.54, 1.807) is 36.4 Å². The maximum Gasteiger partial charge on any atom is 0.243 e. The van der Waals surface area contributed by atoms with E-state index in [9.17, 15) is 13.6 Å². The third-order valence-corrected chi connectivity index (χ3v) is 3.99. The van der Waals surface area contributed by atoms with Crippen LogP contribution in [0.3, 0.4) is 0 Å². The van der Waals surface area contributed by atoms with Crippen LogP contribution in [-0.2, 0) is 16.1 Å². The molecule has 0 radical (unpaired) electrons. The highest BCUT2D eigenvalue weighted by atomic mass is 19.1. The number of benzene rings is 3. The molecule has 0 spiro atoms. The van der Waals surface area contributed by atoms with Gasteiger partial charge >= 0.3 is 0 Å². The summed E-state index contributed by atoms with van der Waals surface area (Å²) in [7, 11) is 0. The van der Waals surface area contributed by atoms with Crippen molar-refractivity contribution in [3.63, 3.8) is 0 Å². The summed E-state index contributed by atoms with van der Waals surface area (Å²) in [4.78, 5) is 12.2. The Morgan fingerprint density at radius 3 is 1.97 bits per heavy atom. The van der Waals surface area contributed by atoms with Crippen LogP contribution < -0.4 is 15.8 Å². The average molecular weight is 398 g/mol. The third kappa shape index (κ3) is 6.38. The first kappa shape index (κ1) is 20.4. The Hall–Kier alpha value is -3.29. The van der Waals surface area contributed by atoms with Crippen LogP contribution in [0.1, 0.15) is 5.56 Å². The van der Waals surface area contributed by atoms with E-state index in [1.165, 1.54) is 36.4 Å². The van der Waals surface area contributed by atoms with Crippen molar-refractivity contribution in [3.05, 3.63) is 90.0 Å². The van der Waals surface area contributed by atoms with E-state index in [1.807, 2.05) is 0 Å². The topological polar surface area (TPSA) is 73.6 Å². The van der Waals surface area contributed by atoms with Gasteiger partial charge in [0.05, 0.1) is 13.2 Å². The van der Waals surface area contributed by atoms with Gasteiger partial charge in [-0.2, -0.15) is 0 Å². The van der Waals surface area contributed by atoms with Crippen LogP contribution in [0.25, 0.3) is 0 Å². The van der Waals surface area contributed by atoms with Crippen molar-refractivity contribution in [1.29, 1.82) is 0 Å². The molecule has 3 aromatic rings. The van der Waals surface area contributed by atoms with E-state index in [4.69, 9.17) is 15.2 Å². The molecule has 0 heterocycles. The van der Waals surface area contributed by atoms with Crippen molar-refractivity contribution in [3.8, 4) is 11.5 Å². The largest absolute Gasteiger partial charge is 0.457 e. The van der Waals surface area contributed by atoms with E-state index >= 15 is 0 Å². The number of carbonyl (C=O) groups is 1. The minimum Gasteiger partial charge on any atom is -0.457 e. The Balaban J connectivity index is 1.45. The molecule has 7 heteroatoms. The maximum absolute atomic E-state index is 12.9. The Labute approximate surface area is 167 Å². The first-order chi connectivity index (χ1) is 14.0. The van der Waals surface area contributed by atoms with Crippen LogP contribution in [0, 0.1) is 11.6 Å². The van der Waals surface area contributed by atoms with Crippen molar-refractivity contribution < 1.29 is 23.0 Å². The normalized spacial score (nSPS) is 11.7. The molecular weight excluding hydrogens is 378 g/mol. The molecule has 3 aromatic carbocycles. The standard InChI is InChI=1S/C22H20F2N2O3/c23-16-3-1-15(2-4-16)13-28-14-21(25)22(27)26-18-7-11-20(12-8-18)29-19-9-5-17(24)6-10-19/h1-12,21H,13-14,25H2,(H,26,27). The Morgan fingerprint density at radius 1 is 0.862 bits per heavy atom. The lowest BCUT2D eigenvalue weighted by Gasteiger charge is -2.13. The molecule has 1 unspecified atom stereocenters. The molecule has 3 rings (SSSR count). The van der Waals surface area contributed by atoms with Crippen molar-refractivity contribution in [2.75, 3.05) is 11.9 Å². The second-order valence-electron chi connectivity index (χ2n) is 6.32. The number of halogens is 2. The molecule has 0 aliphatic carbocycles. The summed E-state index contributed by atoms with van der Waals surface area (Å²) in [6.45, 7) is 0.256. The van der Waals surface area contributed by atoms with Gasteiger partial charge in [0.1, 0.15) is 29.2 Å². The lowest BCUT2D eigenvalue weighted by molar-refractivity contribution is -0.118. The minimum absolute atomic E-state index is 0.0228. The molecule has 0 aliphatic heterocycles. The van der Waals surface area contributed by atoms with Gasteiger partial charge in [-0.3, -0.25) is 4.79 Å². The van der Waals surface area contributed by atoms with E-state index in [0.29, 0.717) is 17.2 Å². The van der Waals surface area contributed by atoms with E-state index in [2.05, 4.69) is 5.32 Å². The summed E-state index contributed by atoms with van der Waals surface area (Å²) in [5, 5.41) is 2.70. The smallest absolute Gasteiger partial charge is 0.243 e. The van der Waals surface area contributed by atoms with E-state index in [0.717, 1.165) is 5.56 Å². The highest BCUT2D eigenvalue weighted by Crippen LogP contribution is 2.23. The molecular formula is C22H20F2N2O3. The quantitative estimate of drug-likeness (QED) is 0.595. The number of hydrogen-bond acceptors (Lipinski definition) is 4. The molecule has 5 nitrogen and oxygen atoms in total. The number of carbonyl (C=O) groups excluding carboxylic acids is 1. The number of anilines is 1. The molecule has 0 saturated carbocycles. The van der Waals surface area contributed by atoms with Crippen LogP contribution in [0.5, 0.6) is 11.5 Å². The summed E-state index contributed by atoms with van der Waals surface area (Å²) >= 11 is 0. The molecule has 1 atom stereocenters. The number of ether oxygens (including phenoxy) is 2. The van der Waals surface area contributed by atoms with Gasteiger partial charge in [-0.05, 0) is 66.2 Å². The van der Waals surface area contributed by atoms with Crippen LogP contribution in [0.2, 0.25) is 0 Å². The van der Waals surface area contributed by atoms with Gasteiger partial charge in [-0.15, -0.1) is 0 Å². The maximum atomic E-state index is 12.9. The molecule has 0 saturated heterocycles. The van der Waals surface area contributed by atoms with E-state index < -0.39 is 11.9 Å². The Morgan fingerprint density at radius 2 is 1.38 bits per heavy atom. The average Bonchev–Trinajstić information content (AvgIpc) is 2.72. The molecule has 3 N–H and O–H groups in total. The molecule has 29 heavy (non-hydrogen) atoms. The zero-order valence-electron chi connectivity index (χ0n) is 15.5. The summed E-state index contributed by atoms with van der Waals surface area (Å²) in [5.41, 5.74) is 7.18. The van der Waals surface area contributed by atoms with Gasteiger partial charge in [-0.1, -0.05) is 12.1 Å². The second-order valence-corrected chi connectivity index (χ2v) is 6.32. The molecule has 0 bridgehead atoms. The summed E-state index contributed by atoms with van der Waals surface area (Å²) < 4.78 is 36.8. The predicted molar refractivity (Wildman–Crippen MR) is 106 cm³/mol. The first-order valence-corrected chi connectivity index (χ1v) is 8.92. The van der Waals surface area contributed by atoms with Gasteiger partial charge < -0.3 is 20.5 Å². The number of nitrogens with one attached hydrogen (secondary N) is 1. The zero-order valence-corrected chi connectivity index (χ0v) is 15.5. The van der Waals surface area contributed by atoms with Crippen LogP contribution in [0.4, 0.5) is 14.5 Å². The summed E-state index contributed by atoms with van der Waals surface area (Å²) in [6.07, 6.45) is 0. The van der Waals surface area contributed by atoms with Crippen LogP contribution in [-0.4, -0.2) is 18.6 Å². The monoisotopic (exact) mass is 398 g/mol. The summed E-state index contributed by atoms with van der Waals surface area (Å²) in [5.74, 6) is -0.00587. The molecule has 150 valence electrons. The molecule has 0 aromatic heterocycles. The van der Waals surface area contributed by atoms with Gasteiger partial charge in [0, 0.05) is 5.69 Å². The van der Waals surface area contributed by atoms with Gasteiger partial charge in [0.25, 0.3) is 0 Å². The highest BCUT2D eigenvalue weighted by Gasteiger charge is 2.14. The predicted octanol–water partition coefficient (Wildman–Crippen LogP) is 4.24. The van der Waals surface area contributed by atoms with Gasteiger partial charge in [-0.25, -0.2) is 8.78 Å². The highest BCUT2D eigenvalue weighted by molar-refractivity contribution is 5.94. The van der Waals surface area contributed by atoms with Crippen molar-refractivity contribution >= 4 is 11.6 Å². The fourth-order valence-electron chi connectivity index (χ4n) is 2.44. The Kier molecular flexibility index (Phi) is 6.89. The lowest BCUT2D eigenvalue weighted by atomic mass is 10.2. The number of hydrogen-bond donors (Lipinski definition) is 2. The van der Waals surface area contributed by atoms with Crippen molar-refractivity contribution in [1.82, 2.24) is 0 Å². The Bertz CT molecular complexity index is 930. The molecule has 1 amide bonds. The fourth-order valence-corrected chi connectivity index (χ4v) is 2.44. The van der Waals surface area contributed by atoms with Crippen LogP contribution >= 0.6 is 0 Å². The number of amides is 1. The first-order valence-electron chi connectivity index (χ1n) is 8.92. The van der Waals surface area contributed by atoms with Crippen molar-refractivity contribution in [2.24, 2.45) is 5.73 Å². The third-order valence-electron chi connectivity index (χ3n) is 3.99. The fraction of sp³-hybridized carbons (Fsp3) is 0.136. The minimum atomic E-state index is -0.856. The second kappa shape index (κ2) is 9.77. The number of rotatable bonds is 8. The lowest BCUT2D eigenvalue weighted by Crippen LogP contribution is -2.39. The molecule has 0 aliphatic rings.